The number of carbonyl (C=O) groups excluding carboxylic acids is 2. The Labute approximate surface area is 184 Å². The second kappa shape index (κ2) is 11.0. The molecule has 2 amide bonds. The minimum absolute atomic E-state index is 0.154. The van der Waals surface area contributed by atoms with Crippen LogP contribution in [-0.4, -0.2) is 35.6 Å². The summed E-state index contributed by atoms with van der Waals surface area (Å²) in [5.74, 6) is 0.432. The minimum Gasteiger partial charge on any atom is -0.357 e. The minimum atomic E-state index is -0.634. The molecule has 0 fully saturated rings. The second-order valence-corrected chi connectivity index (χ2v) is 8.37. The standard InChI is InChI=1S/C20H21Cl3N2O2S/c1-13(20(27)24-2)25(10-14-7-8-16(21)9-18(14)23)19(26)12-28-11-15-5-3-4-6-17(15)22/h3-9,13H,10-12H2,1-2H3,(H,24,27). The molecule has 4 nitrogen and oxygen atoms in total. The summed E-state index contributed by atoms with van der Waals surface area (Å²) in [5, 5.41) is 4.23. The molecule has 0 aromatic heterocycles. The van der Waals surface area contributed by atoms with Crippen LogP contribution in [0.5, 0.6) is 0 Å². The van der Waals surface area contributed by atoms with Gasteiger partial charge in [0.2, 0.25) is 11.8 Å². The summed E-state index contributed by atoms with van der Waals surface area (Å²) >= 11 is 19.8. The van der Waals surface area contributed by atoms with E-state index < -0.39 is 6.04 Å². The Hall–Kier alpha value is -1.40. The molecular formula is C20H21Cl3N2O2S. The van der Waals surface area contributed by atoms with Crippen molar-refractivity contribution in [3.8, 4) is 0 Å². The molecule has 150 valence electrons. The first-order valence-corrected chi connectivity index (χ1v) is 10.9. The van der Waals surface area contributed by atoms with Gasteiger partial charge < -0.3 is 10.2 Å². The fourth-order valence-corrected chi connectivity index (χ4v) is 4.24. The molecule has 2 rings (SSSR count). The molecule has 2 aromatic carbocycles. The normalized spacial score (nSPS) is 11.8. The highest BCUT2D eigenvalue weighted by molar-refractivity contribution is 7.99. The van der Waals surface area contributed by atoms with Gasteiger partial charge in [0.05, 0.1) is 5.75 Å². The molecule has 0 aliphatic rings. The van der Waals surface area contributed by atoms with Crippen LogP contribution in [0.4, 0.5) is 0 Å². The molecule has 8 heteroatoms. The molecule has 0 bridgehead atoms. The monoisotopic (exact) mass is 458 g/mol. The van der Waals surface area contributed by atoms with Gasteiger partial charge in [-0.25, -0.2) is 0 Å². The van der Waals surface area contributed by atoms with Gasteiger partial charge in [-0.3, -0.25) is 9.59 Å². The summed E-state index contributed by atoms with van der Waals surface area (Å²) in [6.45, 7) is 1.91. The van der Waals surface area contributed by atoms with E-state index in [2.05, 4.69) is 5.32 Å². The smallest absolute Gasteiger partial charge is 0.242 e. The van der Waals surface area contributed by atoms with Gasteiger partial charge in [0.1, 0.15) is 6.04 Å². The maximum atomic E-state index is 12.9. The molecule has 1 N–H and O–H groups in total. The zero-order chi connectivity index (χ0) is 20.7. The Kier molecular flexibility index (Phi) is 8.96. The number of nitrogens with zero attached hydrogens (tertiary/aromatic N) is 1. The van der Waals surface area contributed by atoms with E-state index in [1.165, 1.54) is 16.7 Å². The largest absolute Gasteiger partial charge is 0.357 e. The van der Waals surface area contributed by atoms with Gasteiger partial charge in [0.15, 0.2) is 0 Å². The van der Waals surface area contributed by atoms with E-state index in [0.717, 1.165) is 11.1 Å². The van der Waals surface area contributed by atoms with Crippen LogP contribution in [-0.2, 0) is 21.9 Å². The van der Waals surface area contributed by atoms with E-state index in [9.17, 15) is 9.59 Å². The lowest BCUT2D eigenvalue weighted by atomic mass is 10.1. The lowest BCUT2D eigenvalue weighted by Crippen LogP contribution is -2.47. The van der Waals surface area contributed by atoms with Gasteiger partial charge in [0, 0.05) is 34.4 Å². The van der Waals surface area contributed by atoms with E-state index in [-0.39, 0.29) is 24.1 Å². The van der Waals surface area contributed by atoms with Crippen LogP contribution in [0.2, 0.25) is 15.1 Å². The maximum absolute atomic E-state index is 12.9. The summed E-state index contributed by atoms with van der Waals surface area (Å²) in [5.41, 5.74) is 1.69. The van der Waals surface area contributed by atoms with E-state index >= 15 is 0 Å². The van der Waals surface area contributed by atoms with Gasteiger partial charge in [-0.05, 0) is 36.2 Å². The van der Waals surface area contributed by atoms with Crippen LogP contribution in [0.15, 0.2) is 42.5 Å². The zero-order valence-electron chi connectivity index (χ0n) is 15.5. The van der Waals surface area contributed by atoms with Crippen LogP contribution in [0.25, 0.3) is 0 Å². The Balaban J connectivity index is 2.10. The third-order valence-corrected chi connectivity index (χ3v) is 6.13. The number of benzene rings is 2. The fraction of sp³-hybridized carbons (Fsp3) is 0.300. The SMILES string of the molecule is CNC(=O)C(C)N(Cc1ccc(Cl)cc1Cl)C(=O)CSCc1ccccc1Cl. The van der Waals surface area contributed by atoms with Crippen LogP contribution in [0, 0.1) is 0 Å². The first-order valence-electron chi connectivity index (χ1n) is 8.59. The van der Waals surface area contributed by atoms with Crippen LogP contribution in [0.1, 0.15) is 18.1 Å². The third-order valence-electron chi connectivity index (χ3n) is 4.21. The van der Waals surface area contributed by atoms with Crippen LogP contribution < -0.4 is 5.32 Å². The van der Waals surface area contributed by atoms with Crippen molar-refractivity contribution in [1.82, 2.24) is 10.2 Å². The number of likely N-dealkylation sites (N-methyl/N-ethyl adjacent to an activating group) is 1. The topological polar surface area (TPSA) is 49.4 Å². The number of nitrogens with one attached hydrogen (secondary N) is 1. The average molecular weight is 460 g/mol. The number of halogens is 3. The predicted molar refractivity (Wildman–Crippen MR) is 118 cm³/mol. The number of hydrogen-bond acceptors (Lipinski definition) is 3. The average Bonchev–Trinajstić information content (AvgIpc) is 2.67. The van der Waals surface area contributed by atoms with Gasteiger partial charge in [-0.2, -0.15) is 0 Å². The van der Waals surface area contributed by atoms with E-state index in [0.29, 0.717) is 20.8 Å². The highest BCUT2D eigenvalue weighted by Crippen LogP contribution is 2.25. The van der Waals surface area contributed by atoms with Gasteiger partial charge in [-0.1, -0.05) is 59.1 Å². The molecule has 0 radical (unpaired) electrons. The van der Waals surface area contributed by atoms with Crippen molar-refractivity contribution in [2.45, 2.75) is 25.3 Å². The maximum Gasteiger partial charge on any atom is 0.242 e. The molecule has 0 saturated carbocycles. The van der Waals surface area contributed by atoms with E-state index in [4.69, 9.17) is 34.8 Å². The number of carbonyl (C=O) groups is 2. The summed E-state index contributed by atoms with van der Waals surface area (Å²) in [6.07, 6.45) is 0. The Morgan fingerprint density at radius 3 is 2.43 bits per heavy atom. The molecule has 0 aliphatic carbocycles. The summed E-state index contributed by atoms with van der Waals surface area (Å²) in [4.78, 5) is 26.6. The summed E-state index contributed by atoms with van der Waals surface area (Å²) in [6, 6.07) is 12.0. The first kappa shape index (κ1) is 22.9. The van der Waals surface area contributed by atoms with E-state index in [1.54, 1.807) is 32.2 Å². The third kappa shape index (κ3) is 6.31. The molecule has 2 aromatic rings. The number of hydrogen-bond donors (Lipinski definition) is 1. The molecule has 0 heterocycles. The number of rotatable bonds is 8. The van der Waals surface area contributed by atoms with Crippen LogP contribution >= 0.6 is 46.6 Å². The lowest BCUT2D eigenvalue weighted by Gasteiger charge is -2.28. The molecule has 28 heavy (non-hydrogen) atoms. The second-order valence-electron chi connectivity index (χ2n) is 6.13. The first-order chi connectivity index (χ1) is 13.3. The molecule has 0 spiro atoms. The number of amides is 2. The van der Waals surface area contributed by atoms with Gasteiger partial charge >= 0.3 is 0 Å². The molecule has 0 aliphatic heterocycles. The molecule has 0 saturated heterocycles. The molecule has 1 unspecified atom stereocenters. The Morgan fingerprint density at radius 2 is 1.79 bits per heavy atom. The van der Waals surface area contributed by atoms with Crippen molar-refractivity contribution in [1.29, 1.82) is 0 Å². The Morgan fingerprint density at radius 1 is 1.07 bits per heavy atom. The Bertz CT molecular complexity index is 848. The highest BCUT2D eigenvalue weighted by atomic mass is 35.5. The van der Waals surface area contributed by atoms with Gasteiger partial charge in [0.25, 0.3) is 0 Å². The highest BCUT2D eigenvalue weighted by Gasteiger charge is 2.26. The van der Waals surface area contributed by atoms with Crippen molar-refractivity contribution in [2.75, 3.05) is 12.8 Å². The quantitative estimate of drug-likeness (QED) is 0.601. The van der Waals surface area contributed by atoms with Crippen molar-refractivity contribution >= 4 is 58.4 Å². The summed E-state index contributed by atoms with van der Waals surface area (Å²) in [7, 11) is 1.54. The number of thioether (sulfide) groups is 1. The van der Waals surface area contributed by atoms with Crippen molar-refractivity contribution < 1.29 is 9.59 Å². The predicted octanol–water partition coefficient (Wildman–Crippen LogP) is 5.04. The molecular weight excluding hydrogens is 439 g/mol. The van der Waals surface area contributed by atoms with Gasteiger partial charge in [-0.15, -0.1) is 11.8 Å². The van der Waals surface area contributed by atoms with Crippen LogP contribution in [0.3, 0.4) is 0 Å². The van der Waals surface area contributed by atoms with Crippen molar-refractivity contribution in [3.05, 3.63) is 68.7 Å². The fourth-order valence-electron chi connectivity index (χ4n) is 2.57. The lowest BCUT2D eigenvalue weighted by molar-refractivity contribution is -0.138. The van der Waals surface area contributed by atoms with Crippen molar-refractivity contribution in [3.63, 3.8) is 0 Å². The molecule has 1 atom stereocenters. The van der Waals surface area contributed by atoms with Crippen molar-refractivity contribution in [2.24, 2.45) is 0 Å². The van der Waals surface area contributed by atoms with E-state index in [1.807, 2.05) is 24.3 Å². The zero-order valence-corrected chi connectivity index (χ0v) is 18.6. The summed E-state index contributed by atoms with van der Waals surface area (Å²) < 4.78 is 0.